The van der Waals surface area contributed by atoms with Gasteiger partial charge in [-0.3, -0.25) is 10.1 Å². The van der Waals surface area contributed by atoms with Crippen molar-refractivity contribution < 1.29 is 14.3 Å². The van der Waals surface area contributed by atoms with Crippen LogP contribution in [0.25, 0.3) is 11.3 Å². The molecule has 3 rings (SSSR count). The summed E-state index contributed by atoms with van der Waals surface area (Å²) >= 11 is 19.1. The van der Waals surface area contributed by atoms with E-state index in [1.807, 2.05) is 18.2 Å². The summed E-state index contributed by atoms with van der Waals surface area (Å²) in [6.07, 6.45) is 0. The summed E-state index contributed by atoms with van der Waals surface area (Å²) in [7, 11) is 0. The number of nitrogens with zero attached hydrogens (tertiary/aromatic N) is 1. The highest BCUT2D eigenvalue weighted by Crippen LogP contribution is 2.30. The average molecular weight is 442 g/mol. The average Bonchev–Trinajstić information content (AvgIpc) is 3.08. The van der Waals surface area contributed by atoms with Crippen LogP contribution in [0.5, 0.6) is 0 Å². The van der Waals surface area contributed by atoms with Crippen LogP contribution in [0.2, 0.25) is 15.1 Å². The van der Waals surface area contributed by atoms with E-state index in [9.17, 15) is 9.59 Å². The minimum absolute atomic E-state index is 0.129. The van der Waals surface area contributed by atoms with Crippen molar-refractivity contribution in [3.05, 3.63) is 68.5 Å². The van der Waals surface area contributed by atoms with Crippen molar-refractivity contribution in [2.45, 2.75) is 0 Å². The lowest BCUT2D eigenvalue weighted by molar-refractivity contribution is -0.119. The van der Waals surface area contributed by atoms with Crippen molar-refractivity contribution in [2.75, 3.05) is 11.9 Å². The molecule has 9 heteroatoms. The number of benzene rings is 2. The monoisotopic (exact) mass is 440 g/mol. The molecule has 3 aromatic rings. The smallest absolute Gasteiger partial charge is 0.340 e. The molecule has 0 atom stereocenters. The van der Waals surface area contributed by atoms with E-state index < -0.39 is 18.5 Å². The van der Waals surface area contributed by atoms with E-state index in [1.54, 1.807) is 11.4 Å². The first-order valence-electron chi connectivity index (χ1n) is 7.56. The number of carbonyl (C=O) groups excluding carboxylic acids is 2. The predicted octanol–water partition coefficient (Wildman–Crippen LogP) is 5.57. The Morgan fingerprint density at radius 3 is 2.59 bits per heavy atom. The Morgan fingerprint density at radius 1 is 1.07 bits per heavy atom. The van der Waals surface area contributed by atoms with E-state index in [0.717, 1.165) is 5.56 Å². The summed E-state index contributed by atoms with van der Waals surface area (Å²) in [6.45, 7) is -0.473. The number of halogens is 3. The summed E-state index contributed by atoms with van der Waals surface area (Å²) in [5, 5.41) is 5.83. The Labute approximate surface area is 173 Å². The molecular weight excluding hydrogens is 431 g/mol. The van der Waals surface area contributed by atoms with Crippen LogP contribution >= 0.6 is 46.1 Å². The standard InChI is InChI=1S/C18H11Cl3N2O3S/c19-10-5-6-12(14(21)7-10)17(25)26-8-16(24)23-18-22-15(9-27-18)11-3-1-2-4-13(11)20/h1-7,9H,8H2,(H,22,23,24). The second-order valence-electron chi connectivity index (χ2n) is 5.27. The molecule has 1 amide bonds. The first kappa shape index (κ1) is 19.6. The number of anilines is 1. The highest BCUT2D eigenvalue weighted by Gasteiger charge is 2.15. The van der Waals surface area contributed by atoms with Crippen LogP contribution in [0.15, 0.2) is 47.8 Å². The number of esters is 1. The summed E-state index contributed by atoms with van der Waals surface area (Å²) in [6, 6.07) is 11.6. The zero-order valence-electron chi connectivity index (χ0n) is 13.5. The number of aromatic nitrogens is 1. The van der Waals surface area contributed by atoms with Crippen LogP contribution in [0, 0.1) is 0 Å². The lowest BCUT2D eigenvalue weighted by atomic mass is 10.2. The van der Waals surface area contributed by atoms with Crippen LogP contribution in [-0.4, -0.2) is 23.5 Å². The van der Waals surface area contributed by atoms with Gasteiger partial charge in [-0.15, -0.1) is 11.3 Å². The van der Waals surface area contributed by atoms with E-state index in [-0.39, 0.29) is 10.6 Å². The normalized spacial score (nSPS) is 10.5. The maximum absolute atomic E-state index is 12.0. The fraction of sp³-hybridized carbons (Fsp3) is 0.0556. The van der Waals surface area contributed by atoms with E-state index in [1.165, 1.54) is 29.5 Å². The Bertz CT molecular complexity index is 1010. The van der Waals surface area contributed by atoms with Gasteiger partial charge in [0.25, 0.3) is 5.91 Å². The maximum atomic E-state index is 12.0. The van der Waals surface area contributed by atoms with Gasteiger partial charge in [-0.05, 0) is 24.3 Å². The minimum atomic E-state index is -0.720. The highest BCUT2D eigenvalue weighted by molar-refractivity contribution is 7.14. The third kappa shape index (κ3) is 4.99. The fourth-order valence-corrected chi connectivity index (χ4v) is 3.59. The number of ether oxygens (including phenoxy) is 1. The molecule has 0 fully saturated rings. The summed E-state index contributed by atoms with van der Waals surface area (Å²) < 4.78 is 4.97. The van der Waals surface area contributed by atoms with Gasteiger partial charge in [-0.2, -0.15) is 0 Å². The largest absolute Gasteiger partial charge is 0.452 e. The minimum Gasteiger partial charge on any atom is -0.452 e. The first-order valence-corrected chi connectivity index (χ1v) is 9.58. The molecule has 0 saturated heterocycles. The van der Waals surface area contributed by atoms with Crippen molar-refractivity contribution in [3.8, 4) is 11.3 Å². The predicted molar refractivity (Wildman–Crippen MR) is 108 cm³/mol. The fourth-order valence-electron chi connectivity index (χ4n) is 2.14. The van der Waals surface area contributed by atoms with E-state index in [4.69, 9.17) is 39.5 Å². The topological polar surface area (TPSA) is 68.3 Å². The number of amides is 1. The van der Waals surface area contributed by atoms with Crippen molar-refractivity contribution in [1.29, 1.82) is 0 Å². The van der Waals surface area contributed by atoms with Gasteiger partial charge >= 0.3 is 5.97 Å². The lowest BCUT2D eigenvalue weighted by Gasteiger charge is -2.06. The van der Waals surface area contributed by atoms with Gasteiger partial charge in [0.2, 0.25) is 0 Å². The summed E-state index contributed by atoms with van der Waals surface area (Å²) in [4.78, 5) is 28.3. The second-order valence-corrected chi connectivity index (χ2v) is 7.38. The van der Waals surface area contributed by atoms with Gasteiger partial charge in [0, 0.05) is 21.0 Å². The van der Waals surface area contributed by atoms with E-state index >= 15 is 0 Å². The number of nitrogens with one attached hydrogen (secondary N) is 1. The van der Waals surface area contributed by atoms with Gasteiger partial charge in [-0.1, -0.05) is 53.0 Å². The molecule has 0 bridgehead atoms. The van der Waals surface area contributed by atoms with Crippen LogP contribution in [0.3, 0.4) is 0 Å². The molecule has 1 heterocycles. The molecule has 0 aliphatic heterocycles. The van der Waals surface area contributed by atoms with Gasteiger partial charge in [0.05, 0.1) is 16.3 Å². The molecule has 1 N–H and O–H groups in total. The van der Waals surface area contributed by atoms with Crippen molar-refractivity contribution >= 4 is 63.1 Å². The zero-order chi connectivity index (χ0) is 19.4. The number of rotatable bonds is 5. The van der Waals surface area contributed by atoms with Crippen molar-refractivity contribution in [3.63, 3.8) is 0 Å². The van der Waals surface area contributed by atoms with Crippen LogP contribution in [0.1, 0.15) is 10.4 Å². The quantitative estimate of drug-likeness (QED) is 0.526. The number of hydrogen-bond donors (Lipinski definition) is 1. The molecule has 0 radical (unpaired) electrons. The third-order valence-electron chi connectivity index (χ3n) is 3.39. The molecule has 0 spiro atoms. The molecule has 0 saturated carbocycles. The van der Waals surface area contributed by atoms with E-state index in [2.05, 4.69) is 10.3 Å². The second kappa shape index (κ2) is 8.71. The number of carbonyl (C=O) groups is 2. The third-order valence-corrected chi connectivity index (χ3v) is 5.02. The zero-order valence-corrected chi connectivity index (χ0v) is 16.6. The Balaban J connectivity index is 1.58. The summed E-state index contributed by atoms with van der Waals surface area (Å²) in [5.74, 6) is -1.24. The molecule has 0 aliphatic rings. The van der Waals surface area contributed by atoms with Crippen molar-refractivity contribution in [1.82, 2.24) is 4.98 Å². The van der Waals surface area contributed by atoms with Crippen LogP contribution in [-0.2, 0) is 9.53 Å². The summed E-state index contributed by atoms with van der Waals surface area (Å²) in [5.41, 5.74) is 1.54. The molecule has 138 valence electrons. The van der Waals surface area contributed by atoms with Gasteiger partial charge < -0.3 is 4.74 Å². The Kier molecular flexibility index (Phi) is 6.34. The van der Waals surface area contributed by atoms with Gasteiger partial charge in [0.15, 0.2) is 11.7 Å². The SMILES string of the molecule is O=C(COC(=O)c1ccc(Cl)cc1Cl)Nc1nc(-c2ccccc2Cl)cs1. The molecule has 0 aliphatic carbocycles. The number of hydrogen-bond acceptors (Lipinski definition) is 5. The molecule has 5 nitrogen and oxygen atoms in total. The van der Waals surface area contributed by atoms with Crippen LogP contribution < -0.4 is 5.32 Å². The maximum Gasteiger partial charge on any atom is 0.340 e. The molecule has 1 aromatic heterocycles. The van der Waals surface area contributed by atoms with Crippen molar-refractivity contribution in [2.24, 2.45) is 0 Å². The molecular formula is C18H11Cl3N2O3S. The molecule has 2 aromatic carbocycles. The Hall–Kier alpha value is -2.12. The van der Waals surface area contributed by atoms with Gasteiger partial charge in [-0.25, -0.2) is 9.78 Å². The molecule has 0 unspecified atom stereocenters. The van der Waals surface area contributed by atoms with E-state index in [0.29, 0.717) is 20.9 Å². The highest BCUT2D eigenvalue weighted by atomic mass is 35.5. The number of thiazole rings is 1. The first-order chi connectivity index (χ1) is 12.9. The Morgan fingerprint density at radius 2 is 1.85 bits per heavy atom. The molecule has 27 heavy (non-hydrogen) atoms. The lowest BCUT2D eigenvalue weighted by Crippen LogP contribution is -2.21. The van der Waals surface area contributed by atoms with Gasteiger partial charge in [0.1, 0.15) is 0 Å². The van der Waals surface area contributed by atoms with Crippen LogP contribution in [0.4, 0.5) is 5.13 Å².